The lowest BCUT2D eigenvalue weighted by Gasteiger charge is -2.21. The second-order valence-corrected chi connectivity index (χ2v) is 5.85. The van der Waals surface area contributed by atoms with Gasteiger partial charge in [0, 0.05) is 19.6 Å². The largest absolute Gasteiger partial charge is 0.326 e. The number of benzene rings is 1. The molecule has 6 heteroatoms. The van der Waals surface area contributed by atoms with Crippen LogP contribution in [0.15, 0.2) is 24.3 Å². The van der Waals surface area contributed by atoms with Crippen LogP contribution in [0.3, 0.4) is 0 Å². The molecule has 0 unspecified atom stereocenters. The van der Waals surface area contributed by atoms with Crippen molar-refractivity contribution in [2.24, 2.45) is 5.73 Å². The zero-order chi connectivity index (χ0) is 13.1. The van der Waals surface area contributed by atoms with E-state index in [2.05, 4.69) is 4.72 Å². The van der Waals surface area contributed by atoms with E-state index in [1.165, 1.54) is 11.4 Å². The lowest BCUT2D eigenvalue weighted by molar-refractivity contribution is 0.568. The van der Waals surface area contributed by atoms with Gasteiger partial charge in [0.05, 0.1) is 5.69 Å². The van der Waals surface area contributed by atoms with Crippen molar-refractivity contribution in [3.8, 4) is 0 Å². The molecule has 0 spiro atoms. The first kappa shape index (κ1) is 14.0. The molecule has 0 aliphatic rings. The molecule has 0 radical (unpaired) electrons. The highest BCUT2D eigenvalue weighted by Gasteiger charge is 2.18. The average Bonchev–Trinajstić information content (AvgIpc) is 2.26. The van der Waals surface area contributed by atoms with Crippen molar-refractivity contribution >= 4 is 15.9 Å². The third-order valence-corrected chi connectivity index (χ3v) is 3.96. The van der Waals surface area contributed by atoms with Gasteiger partial charge in [0.2, 0.25) is 0 Å². The van der Waals surface area contributed by atoms with E-state index in [1.807, 2.05) is 6.07 Å². The zero-order valence-corrected chi connectivity index (χ0v) is 11.2. The predicted octanol–water partition coefficient (Wildman–Crippen LogP) is 0.824. The maximum Gasteiger partial charge on any atom is 0.301 e. The molecule has 0 saturated heterocycles. The van der Waals surface area contributed by atoms with E-state index in [-0.39, 0.29) is 6.04 Å². The van der Waals surface area contributed by atoms with Crippen LogP contribution in [0.1, 0.15) is 19.4 Å². The number of rotatable bonds is 5. The van der Waals surface area contributed by atoms with Crippen molar-refractivity contribution in [2.75, 3.05) is 11.4 Å². The Labute approximate surface area is 103 Å². The van der Waals surface area contributed by atoms with Crippen LogP contribution in [0.2, 0.25) is 0 Å². The highest BCUT2D eigenvalue weighted by molar-refractivity contribution is 7.90. The first-order valence-corrected chi connectivity index (χ1v) is 6.86. The van der Waals surface area contributed by atoms with Gasteiger partial charge < -0.3 is 5.73 Å². The summed E-state index contributed by atoms with van der Waals surface area (Å²) in [7, 11) is -1.98. The Kier molecular flexibility index (Phi) is 4.50. The van der Waals surface area contributed by atoms with E-state index in [0.717, 1.165) is 5.56 Å². The third-order valence-electron chi connectivity index (χ3n) is 2.26. The second kappa shape index (κ2) is 5.48. The van der Waals surface area contributed by atoms with Crippen LogP contribution in [-0.2, 0) is 16.8 Å². The number of nitrogens with one attached hydrogen (secondary N) is 1. The number of hydrogen-bond donors (Lipinski definition) is 2. The van der Waals surface area contributed by atoms with Crippen molar-refractivity contribution in [1.29, 1.82) is 0 Å². The molecule has 1 rings (SSSR count). The molecule has 0 saturated carbocycles. The van der Waals surface area contributed by atoms with Crippen molar-refractivity contribution in [1.82, 2.24) is 4.72 Å². The van der Waals surface area contributed by atoms with E-state index >= 15 is 0 Å². The molecule has 1 aromatic carbocycles. The monoisotopic (exact) mass is 257 g/mol. The smallest absolute Gasteiger partial charge is 0.301 e. The van der Waals surface area contributed by atoms with Gasteiger partial charge in [-0.05, 0) is 31.5 Å². The normalized spacial score (nSPS) is 11.8. The van der Waals surface area contributed by atoms with Crippen molar-refractivity contribution < 1.29 is 8.42 Å². The maximum atomic E-state index is 11.9. The highest BCUT2D eigenvalue weighted by Crippen LogP contribution is 2.17. The van der Waals surface area contributed by atoms with Gasteiger partial charge in [0.15, 0.2) is 0 Å². The predicted molar refractivity (Wildman–Crippen MR) is 69.9 cm³/mol. The topological polar surface area (TPSA) is 75.4 Å². The zero-order valence-electron chi connectivity index (χ0n) is 10.3. The van der Waals surface area contributed by atoms with E-state index in [1.54, 1.807) is 32.0 Å². The summed E-state index contributed by atoms with van der Waals surface area (Å²) in [5.41, 5.74) is 7.02. The summed E-state index contributed by atoms with van der Waals surface area (Å²) in [6, 6.07) is 7.01. The molecule has 0 fully saturated rings. The van der Waals surface area contributed by atoms with Crippen molar-refractivity contribution in [3.05, 3.63) is 29.8 Å². The van der Waals surface area contributed by atoms with Crippen LogP contribution in [-0.4, -0.2) is 21.5 Å². The fourth-order valence-electron chi connectivity index (χ4n) is 1.39. The molecule has 0 atom stereocenters. The molecular formula is C11H19N3O2S. The first-order chi connectivity index (χ1) is 7.86. The van der Waals surface area contributed by atoms with E-state index in [0.29, 0.717) is 12.2 Å². The van der Waals surface area contributed by atoms with Gasteiger partial charge in [-0.1, -0.05) is 12.1 Å². The summed E-state index contributed by atoms with van der Waals surface area (Å²) < 4.78 is 27.6. The van der Waals surface area contributed by atoms with Gasteiger partial charge in [-0.2, -0.15) is 13.1 Å². The minimum absolute atomic E-state index is 0.139. The number of hydrogen-bond acceptors (Lipinski definition) is 3. The molecule has 0 aliphatic carbocycles. The van der Waals surface area contributed by atoms with Crippen LogP contribution >= 0.6 is 0 Å². The SMILES string of the molecule is CC(C)NS(=O)(=O)N(C)c1cccc(CN)c1. The molecule has 0 bridgehead atoms. The third kappa shape index (κ3) is 3.69. The quantitative estimate of drug-likeness (QED) is 0.820. The summed E-state index contributed by atoms with van der Waals surface area (Å²) in [5, 5.41) is 0. The number of anilines is 1. The van der Waals surface area contributed by atoms with Crippen molar-refractivity contribution in [3.63, 3.8) is 0 Å². The first-order valence-electron chi connectivity index (χ1n) is 5.42. The molecule has 3 N–H and O–H groups in total. The lowest BCUT2D eigenvalue weighted by atomic mass is 10.2. The summed E-state index contributed by atoms with van der Waals surface area (Å²) in [6.07, 6.45) is 0. The highest BCUT2D eigenvalue weighted by atomic mass is 32.2. The Morgan fingerprint density at radius 3 is 2.59 bits per heavy atom. The Morgan fingerprint density at radius 1 is 1.41 bits per heavy atom. The maximum absolute atomic E-state index is 11.9. The molecule has 0 amide bonds. The fourth-order valence-corrected chi connectivity index (χ4v) is 2.54. The van der Waals surface area contributed by atoms with Crippen LogP contribution in [0.4, 0.5) is 5.69 Å². The van der Waals surface area contributed by atoms with E-state index in [9.17, 15) is 8.42 Å². The minimum Gasteiger partial charge on any atom is -0.326 e. The molecule has 17 heavy (non-hydrogen) atoms. The Balaban J connectivity index is 2.99. The average molecular weight is 257 g/mol. The lowest BCUT2D eigenvalue weighted by Crippen LogP contribution is -2.41. The Morgan fingerprint density at radius 2 is 2.06 bits per heavy atom. The van der Waals surface area contributed by atoms with Gasteiger partial charge in [-0.3, -0.25) is 4.31 Å². The molecule has 5 nitrogen and oxygen atoms in total. The van der Waals surface area contributed by atoms with Crippen LogP contribution < -0.4 is 14.8 Å². The minimum atomic E-state index is -3.50. The fraction of sp³-hybridized carbons (Fsp3) is 0.455. The standard InChI is InChI=1S/C11H19N3O2S/c1-9(2)13-17(15,16)14(3)11-6-4-5-10(7-11)8-12/h4-7,9,13H,8,12H2,1-3H3. The summed E-state index contributed by atoms with van der Waals surface area (Å²) in [6.45, 7) is 3.95. The molecule has 0 heterocycles. The molecule has 0 aromatic heterocycles. The van der Waals surface area contributed by atoms with Gasteiger partial charge in [0.25, 0.3) is 0 Å². The van der Waals surface area contributed by atoms with Crippen LogP contribution in [0.25, 0.3) is 0 Å². The Hall–Kier alpha value is -1.11. The molecule has 1 aromatic rings. The summed E-state index contributed by atoms with van der Waals surface area (Å²) in [5.74, 6) is 0. The summed E-state index contributed by atoms with van der Waals surface area (Å²) in [4.78, 5) is 0. The van der Waals surface area contributed by atoms with E-state index < -0.39 is 10.2 Å². The second-order valence-electron chi connectivity index (χ2n) is 4.12. The molecular weight excluding hydrogens is 238 g/mol. The van der Waals surface area contributed by atoms with E-state index in [4.69, 9.17) is 5.73 Å². The van der Waals surface area contributed by atoms with Gasteiger partial charge in [-0.15, -0.1) is 0 Å². The molecule has 0 aliphatic heterocycles. The van der Waals surface area contributed by atoms with Gasteiger partial charge in [-0.25, -0.2) is 0 Å². The summed E-state index contributed by atoms with van der Waals surface area (Å²) >= 11 is 0. The van der Waals surface area contributed by atoms with Crippen LogP contribution in [0, 0.1) is 0 Å². The Bertz CT molecular complexity index is 471. The number of nitrogens with two attached hydrogens (primary N) is 1. The van der Waals surface area contributed by atoms with Gasteiger partial charge >= 0.3 is 10.2 Å². The van der Waals surface area contributed by atoms with Crippen LogP contribution in [0.5, 0.6) is 0 Å². The molecule has 96 valence electrons. The van der Waals surface area contributed by atoms with Crippen molar-refractivity contribution in [2.45, 2.75) is 26.4 Å². The van der Waals surface area contributed by atoms with Gasteiger partial charge in [0.1, 0.15) is 0 Å². The number of nitrogens with zero attached hydrogens (tertiary/aromatic N) is 1.